The molecule has 2 heterocycles. The summed E-state index contributed by atoms with van der Waals surface area (Å²) in [5.41, 5.74) is -0.992. The molecule has 8 rings (SSSR count). The summed E-state index contributed by atoms with van der Waals surface area (Å²) in [4.78, 5) is 105. The molecule has 4 aliphatic carbocycles. The molecule has 0 bridgehead atoms. The molecule has 10 atom stereocenters. The number of carbonyl (C=O) groups is 7. The van der Waals surface area contributed by atoms with E-state index in [-0.39, 0.29) is 76.0 Å². The molecule has 1 aromatic heterocycles. The maximum Gasteiger partial charge on any atom is 0.410 e. The predicted octanol–water partition coefficient (Wildman–Crippen LogP) is 3.41. The zero-order valence-electron chi connectivity index (χ0n) is 40.4. The van der Waals surface area contributed by atoms with Crippen molar-refractivity contribution in [2.75, 3.05) is 44.6 Å². The number of nitrogens with zero attached hydrogens (tertiary/aromatic N) is 2. The summed E-state index contributed by atoms with van der Waals surface area (Å²) in [5, 5.41) is 34.7. The second-order valence-corrected chi connectivity index (χ2v) is 20.3. The highest BCUT2D eigenvalue weighted by atomic mass is 16.6. The number of amides is 6. The fourth-order valence-corrected chi connectivity index (χ4v) is 12.4. The monoisotopic (exact) mass is 980 g/mol. The highest BCUT2D eigenvalue weighted by molar-refractivity contribution is 5.96. The summed E-state index contributed by atoms with van der Waals surface area (Å²) in [6.45, 7) is 5.44. The molecule has 5 aliphatic rings. The molecule has 4 saturated carbocycles. The first-order valence-corrected chi connectivity index (χ1v) is 24.5. The number of nitrogens with one attached hydrogen (secondary N) is 4. The Morgan fingerprint density at radius 2 is 1.49 bits per heavy atom. The van der Waals surface area contributed by atoms with Crippen LogP contribution in [-0.4, -0.2) is 125 Å². The second kappa shape index (κ2) is 21.0. The molecule has 19 nitrogen and oxygen atoms in total. The van der Waals surface area contributed by atoms with Crippen LogP contribution in [0.15, 0.2) is 82.2 Å². The fourth-order valence-electron chi connectivity index (χ4n) is 12.4. The van der Waals surface area contributed by atoms with Crippen molar-refractivity contribution in [1.29, 1.82) is 0 Å². The van der Waals surface area contributed by atoms with Gasteiger partial charge in [-0.25, -0.2) is 14.4 Å². The van der Waals surface area contributed by atoms with Crippen LogP contribution in [0.25, 0.3) is 0 Å². The molecular weight excluding hydrogens is 917 g/mol. The average molecular weight is 981 g/mol. The molecule has 0 radical (unpaired) electrons. The molecule has 1 saturated heterocycles. The van der Waals surface area contributed by atoms with Gasteiger partial charge >= 0.3 is 17.8 Å². The summed E-state index contributed by atoms with van der Waals surface area (Å²) in [7, 11) is 0. The summed E-state index contributed by atoms with van der Waals surface area (Å²) < 4.78 is 16.8. The molecule has 0 spiro atoms. The third kappa shape index (κ3) is 10.6. The summed E-state index contributed by atoms with van der Waals surface area (Å²) in [6, 6.07) is 17.6. The predicted molar refractivity (Wildman–Crippen MR) is 255 cm³/mol. The van der Waals surface area contributed by atoms with Gasteiger partial charge in [0.25, 0.3) is 0 Å². The van der Waals surface area contributed by atoms with Crippen molar-refractivity contribution in [3.63, 3.8) is 0 Å². The zero-order chi connectivity index (χ0) is 50.7. The number of fused-ring (bicyclic) bond motifs is 5. The number of aliphatic hydroxyl groups is 2. The number of rotatable bonds is 13. The van der Waals surface area contributed by atoms with E-state index in [1.54, 1.807) is 66.4 Å². The lowest BCUT2D eigenvalue weighted by Gasteiger charge is -2.64. The minimum Gasteiger partial charge on any atom is -0.446 e. The Balaban J connectivity index is 0.757. The van der Waals surface area contributed by atoms with Gasteiger partial charge in [0.1, 0.15) is 24.9 Å². The molecule has 0 unspecified atom stereocenters. The van der Waals surface area contributed by atoms with Crippen LogP contribution in [0.4, 0.5) is 15.3 Å². The van der Waals surface area contributed by atoms with Gasteiger partial charge < -0.3 is 55.2 Å². The third-order valence-electron chi connectivity index (χ3n) is 16.3. The summed E-state index contributed by atoms with van der Waals surface area (Å²) in [6.07, 6.45) is 2.93. The van der Waals surface area contributed by atoms with Crippen LogP contribution in [0, 0.1) is 28.6 Å². The Morgan fingerprint density at radius 3 is 2.17 bits per heavy atom. The number of hydrogen-bond acceptors (Lipinski definition) is 13. The Labute approximate surface area is 411 Å². The van der Waals surface area contributed by atoms with Gasteiger partial charge in [0.15, 0.2) is 5.78 Å². The molecule has 6 N–H and O–H groups in total. The van der Waals surface area contributed by atoms with Crippen molar-refractivity contribution >= 4 is 47.3 Å². The van der Waals surface area contributed by atoms with Crippen LogP contribution in [0.1, 0.15) is 88.3 Å². The first-order chi connectivity index (χ1) is 33.9. The molecule has 3 aromatic rings. The van der Waals surface area contributed by atoms with Gasteiger partial charge in [-0.1, -0.05) is 49.4 Å². The second-order valence-electron chi connectivity index (χ2n) is 20.3. The van der Waals surface area contributed by atoms with Gasteiger partial charge in [-0.05, 0) is 104 Å². The van der Waals surface area contributed by atoms with Crippen molar-refractivity contribution in [1.82, 2.24) is 25.8 Å². The number of anilines is 1. The van der Waals surface area contributed by atoms with Gasteiger partial charge in [-0.15, -0.1) is 0 Å². The van der Waals surface area contributed by atoms with Crippen LogP contribution in [0.5, 0.6) is 0 Å². The van der Waals surface area contributed by atoms with Crippen LogP contribution in [-0.2, 0) is 46.5 Å². The number of aliphatic hydroxyl groups excluding tert-OH is 1. The maximum absolute atomic E-state index is 14.3. The van der Waals surface area contributed by atoms with E-state index in [2.05, 4.69) is 28.2 Å². The standard InChI is InChI=1S/C52H64N6O13/c1-31(59)53-27-42(61)56-40(25-32-7-5-4-6-8-32)47(65)54-28-41(60)55-36-13-9-33(10-14-36)29-70-48(66)57-21-23-58(24-22-57)49(67)71-37-17-19-50(2)35(26-37)12-15-39-44(50)45(63)46(64)51(3)38(18-20-52(39,51)68)34-11-16-43(62)69-30-34/h4-11,13-14,16,30,35,37-40,44-45,63,68H,12,15,17-29H2,1-3H3,(H,53,59)(H,54,65)(H,55,60)(H,56,61)/t35-,37+,38-,39-,40+,44-,45+,50+,51+,52+/m1/s1. The number of ether oxygens (including phenoxy) is 2. The number of ketones is 1. The van der Waals surface area contributed by atoms with Crippen LogP contribution >= 0.6 is 0 Å². The molecular formula is C52H64N6O13. The van der Waals surface area contributed by atoms with Crippen molar-refractivity contribution in [2.45, 2.75) is 109 Å². The molecule has 71 heavy (non-hydrogen) atoms. The topological polar surface area (TPSA) is 263 Å². The SMILES string of the molecule is CC(=O)NCC(=O)N[C@@H](Cc1ccccc1)C(=O)NCC(=O)Nc1ccc(COC(=O)N2CCN(C(=O)O[C@H]3CC[C@@]4(C)[C@H](CC[C@@H]5[C@@H]4[C@H](O)C(=O)[C@]4(C)[C@@H](c6ccc(=O)oc6)CC[C@]54O)C3)CC2)cc1. The van der Waals surface area contributed by atoms with Crippen molar-refractivity contribution in [3.8, 4) is 0 Å². The maximum atomic E-state index is 14.3. The highest BCUT2D eigenvalue weighted by Crippen LogP contribution is 2.69. The van der Waals surface area contributed by atoms with Gasteiger partial charge in [-0.3, -0.25) is 24.0 Å². The van der Waals surface area contributed by atoms with E-state index in [1.807, 2.05) is 6.07 Å². The van der Waals surface area contributed by atoms with Crippen molar-refractivity contribution < 1.29 is 57.7 Å². The van der Waals surface area contributed by atoms with Crippen molar-refractivity contribution in [2.24, 2.45) is 28.6 Å². The Hall–Kier alpha value is -6.60. The molecule has 5 fully saturated rings. The lowest BCUT2D eigenvalue weighted by atomic mass is 9.42. The average Bonchev–Trinajstić information content (AvgIpc) is 3.65. The van der Waals surface area contributed by atoms with Crippen LogP contribution < -0.4 is 26.9 Å². The van der Waals surface area contributed by atoms with Gasteiger partial charge in [-0.2, -0.15) is 0 Å². The van der Waals surface area contributed by atoms with E-state index >= 15 is 0 Å². The Bertz CT molecular complexity index is 2530. The number of carbonyl (C=O) groups excluding carboxylic acids is 7. The normalized spacial score (nSPS) is 29.3. The quantitative estimate of drug-likeness (QED) is 0.144. The van der Waals surface area contributed by atoms with E-state index in [4.69, 9.17) is 13.9 Å². The van der Waals surface area contributed by atoms with Crippen molar-refractivity contribution in [3.05, 3.63) is 100 Å². The molecule has 19 heteroatoms. The Kier molecular flexibility index (Phi) is 15.0. The minimum atomic E-state index is -1.34. The van der Waals surface area contributed by atoms with E-state index < -0.39 is 81.9 Å². The fraction of sp³-hybridized carbons (Fsp3) is 0.538. The van der Waals surface area contributed by atoms with E-state index in [0.29, 0.717) is 55.3 Å². The summed E-state index contributed by atoms with van der Waals surface area (Å²) in [5.74, 6) is -3.51. The lowest BCUT2D eigenvalue weighted by molar-refractivity contribution is -0.228. The first kappa shape index (κ1) is 50.8. The first-order valence-electron chi connectivity index (χ1n) is 24.5. The van der Waals surface area contributed by atoms with Crippen LogP contribution in [0.3, 0.4) is 0 Å². The van der Waals surface area contributed by atoms with Gasteiger partial charge in [0.05, 0.1) is 30.4 Å². The smallest absolute Gasteiger partial charge is 0.410 e. The molecule has 380 valence electrons. The Morgan fingerprint density at radius 1 is 0.803 bits per heavy atom. The third-order valence-corrected chi connectivity index (χ3v) is 16.3. The summed E-state index contributed by atoms with van der Waals surface area (Å²) >= 11 is 0. The number of piperazine rings is 1. The highest BCUT2D eigenvalue weighted by Gasteiger charge is 2.73. The minimum absolute atomic E-state index is 0.0377. The molecule has 2 aromatic carbocycles. The van der Waals surface area contributed by atoms with E-state index in [9.17, 15) is 48.6 Å². The number of benzene rings is 2. The van der Waals surface area contributed by atoms with Gasteiger partial charge in [0, 0.05) is 63.1 Å². The van der Waals surface area contributed by atoms with E-state index in [0.717, 1.165) is 12.0 Å². The number of hydrogen-bond donors (Lipinski definition) is 6. The van der Waals surface area contributed by atoms with Gasteiger partial charge in [0.2, 0.25) is 23.6 Å². The lowest BCUT2D eigenvalue weighted by Crippen LogP contribution is -2.70. The van der Waals surface area contributed by atoms with Crippen LogP contribution in [0.2, 0.25) is 0 Å². The molecule has 1 aliphatic heterocycles. The van der Waals surface area contributed by atoms with E-state index in [1.165, 1.54) is 24.2 Å². The zero-order valence-corrected chi connectivity index (χ0v) is 40.4. The largest absolute Gasteiger partial charge is 0.446 e. The molecule has 6 amide bonds. The number of Topliss-reactive ketones (excluding diaryl/α,β-unsaturated/α-hetero) is 1.